The van der Waals surface area contributed by atoms with Gasteiger partial charge < -0.3 is 24.6 Å². The van der Waals surface area contributed by atoms with Crippen LogP contribution >= 0.6 is 0 Å². The first-order chi connectivity index (χ1) is 11.0. The summed E-state index contributed by atoms with van der Waals surface area (Å²) in [5, 5.41) is 29.3. The van der Waals surface area contributed by atoms with Crippen LogP contribution in [0.15, 0.2) is 15.8 Å². The van der Waals surface area contributed by atoms with Gasteiger partial charge in [-0.25, -0.2) is 4.79 Å². The Morgan fingerprint density at radius 1 is 1.30 bits per heavy atom. The maximum Gasteiger partial charge on any atom is 0.327 e. The summed E-state index contributed by atoms with van der Waals surface area (Å²) in [5.41, 5.74) is -0.874. The Labute approximate surface area is 129 Å². The highest BCUT2D eigenvalue weighted by atomic mass is 16.6. The minimum absolute atomic E-state index is 0.117. The van der Waals surface area contributed by atoms with Crippen LogP contribution < -0.4 is 11.2 Å². The lowest BCUT2D eigenvalue weighted by Gasteiger charge is -2.17. The zero-order valence-electron chi connectivity index (χ0n) is 12.1. The van der Waals surface area contributed by atoms with E-state index in [1.165, 1.54) is 10.8 Å². The molecule has 1 fully saturated rings. The van der Waals surface area contributed by atoms with Crippen molar-refractivity contribution < 1.29 is 20.1 Å². The summed E-state index contributed by atoms with van der Waals surface area (Å²) in [6.07, 6.45) is -3.23. The van der Waals surface area contributed by atoms with Gasteiger partial charge in [-0.15, -0.1) is 5.92 Å². The van der Waals surface area contributed by atoms with E-state index in [4.69, 9.17) is 9.84 Å². The van der Waals surface area contributed by atoms with Crippen LogP contribution in [0.4, 0.5) is 0 Å². The summed E-state index contributed by atoms with van der Waals surface area (Å²) >= 11 is 0. The van der Waals surface area contributed by atoms with Gasteiger partial charge in [0.15, 0.2) is 6.23 Å². The van der Waals surface area contributed by atoms with E-state index in [1.807, 2.05) is 0 Å². The number of hydrogen-bond acceptors (Lipinski definition) is 6. The number of aliphatic hydroxyl groups excluding tert-OH is 3. The summed E-state index contributed by atoms with van der Waals surface area (Å²) in [5.74, 6) is 5.40. The third-order valence-electron chi connectivity index (χ3n) is 3.77. The molecule has 0 aromatic carbocycles. The second-order valence-corrected chi connectivity index (χ2v) is 5.19. The first kappa shape index (κ1) is 15.5. The standard InChI is InChI=1S/C14H15N3O6/c1-2-3-6-4-17(11-8(6)12(21)16-14(22)15-11)13-10(20)9(19)7(5-18)23-13/h4,7,9-10,13,18-20H,5H2,1H3,(H2,15,16,21,22)/t7-,9-,10-,13-/m1/s1. The summed E-state index contributed by atoms with van der Waals surface area (Å²) in [7, 11) is 0. The zero-order chi connectivity index (χ0) is 16.7. The van der Waals surface area contributed by atoms with Crippen LogP contribution in [0.2, 0.25) is 0 Å². The van der Waals surface area contributed by atoms with Crippen molar-refractivity contribution in [2.24, 2.45) is 0 Å². The molecular weight excluding hydrogens is 306 g/mol. The maximum atomic E-state index is 12.0. The van der Waals surface area contributed by atoms with E-state index in [0.717, 1.165) is 0 Å². The molecule has 0 aliphatic carbocycles. The van der Waals surface area contributed by atoms with Crippen molar-refractivity contribution in [3.05, 3.63) is 32.6 Å². The normalized spacial score (nSPS) is 27.1. The molecule has 2 aromatic heterocycles. The van der Waals surface area contributed by atoms with Gasteiger partial charge in [0.2, 0.25) is 0 Å². The number of hydrogen-bond donors (Lipinski definition) is 5. The van der Waals surface area contributed by atoms with Crippen LogP contribution in [0.1, 0.15) is 18.7 Å². The van der Waals surface area contributed by atoms with Gasteiger partial charge in [0.1, 0.15) is 24.0 Å². The Balaban J connectivity index is 2.24. The minimum Gasteiger partial charge on any atom is -0.394 e. The first-order valence-corrected chi connectivity index (χ1v) is 6.90. The van der Waals surface area contributed by atoms with Crippen molar-refractivity contribution in [2.45, 2.75) is 31.5 Å². The van der Waals surface area contributed by atoms with Crippen molar-refractivity contribution in [1.29, 1.82) is 0 Å². The molecule has 4 atom stereocenters. The van der Waals surface area contributed by atoms with Crippen molar-refractivity contribution in [2.75, 3.05) is 6.61 Å². The molecule has 0 saturated carbocycles. The molecule has 0 unspecified atom stereocenters. The number of aromatic amines is 2. The second kappa shape index (κ2) is 5.68. The summed E-state index contributed by atoms with van der Waals surface area (Å²) < 4.78 is 6.76. The van der Waals surface area contributed by atoms with Crippen LogP contribution in [0, 0.1) is 11.8 Å². The van der Waals surface area contributed by atoms with E-state index < -0.39 is 42.4 Å². The molecule has 0 bridgehead atoms. The number of fused-ring (bicyclic) bond motifs is 1. The number of aromatic nitrogens is 3. The molecule has 2 aromatic rings. The summed E-state index contributed by atoms with van der Waals surface area (Å²) in [6.45, 7) is 1.11. The van der Waals surface area contributed by atoms with E-state index in [2.05, 4.69) is 21.8 Å². The van der Waals surface area contributed by atoms with Crippen molar-refractivity contribution >= 4 is 11.0 Å². The lowest BCUT2D eigenvalue weighted by atomic mass is 10.1. The van der Waals surface area contributed by atoms with E-state index >= 15 is 0 Å². The fraction of sp³-hybridized carbons (Fsp3) is 0.429. The average Bonchev–Trinajstić information content (AvgIpc) is 2.99. The Hall–Kier alpha value is -2.38. The molecule has 5 N–H and O–H groups in total. The fourth-order valence-electron chi connectivity index (χ4n) is 2.73. The van der Waals surface area contributed by atoms with Gasteiger partial charge in [-0.3, -0.25) is 14.8 Å². The van der Waals surface area contributed by atoms with E-state index in [1.54, 1.807) is 6.92 Å². The molecule has 3 heterocycles. The predicted molar refractivity (Wildman–Crippen MR) is 78.7 cm³/mol. The highest BCUT2D eigenvalue weighted by molar-refractivity contribution is 5.82. The number of nitrogens with one attached hydrogen (secondary N) is 2. The summed E-state index contributed by atoms with van der Waals surface area (Å²) in [4.78, 5) is 28.2. The Bertz CT molecular complexity index is 914. The van der Waals surface area contributed by atoms with Crippen molar-refractivity contribution in [3.63, 3.8) is 0 Å². The highest BCUT2D eigenvalue weighted by Crippen LogP contribution is 2.32. The topological polar surface area (TPSA) is 141 Å². The molecule has 122 valence electrons. The van der Waals surface area contributed by atoms with Crippen LogP contribution in [0.25, 0.3) is 11.0 Å². The quantitative estimate of drug-likeness (QED) is 0.405. The smallest absolute Gasteiger partial charge is 0.327 e. The number of aliphatic hydroxyl groups is 3. The van der Waals surface area contributed by atoms with Gasteiger partial charge >= 0.3 is 5.69 Å². The number of ether oxygens (including phenoxy) is 1. The third kappa shape index (κ3) is 2.38. The molecular formula is C14H15N3O6. The van der Waals surface area contributed by atoms with Gasteiger partial charge in [-0.1, -0.05) is 5.92 Å². The van der Waals surface area contributed by atoms with Crippen LogP contribution in [-0.4, -0.2) is 54.8 Å². The molecule has 23 heavy (non-hydrogen) atoms. The van der Waals surface area contributed by atoms with Crippen molar-refractivity contribution in [3.8, 4) is 11.8 Å². The molecule has 1 aliphatic heterocycles. The van der Waals surface area contributed by atoms with Gasteiger partial charge in [-0.05, 0) is 6.92 Å². The largest absolute Gasteiger partial charge is 0.394 e. The van der Waals surface area contributed by atoms with Crippen LogP contribution in [-0.2, 0) is 4.74 Å². The Morgan fingerprint density at radius 3 is 2.65 bits per heavy atom. The van der Waals surface area contributed by atoms with Gasteiger partial charge in [0.05, 0.1) is 17.6 Å². The molecule has 1 saturated heterocycles. The van der Waals surface area contributed by atoms with Crippen LogP contribution in [0.3, 0.4) is 0 Å². The molecule has 0 radical (unpaired) electrons. The molecule has 1 aliphatic rings. The fourth-order valence-corrected chi connectivity index (χ4v) is 2.73. The summed E-state index contributed by atoms with van der Waals surface area (Å²) in [6, 6.07) is 0. The molecule has 9 heteroatoms. The minimum atomic E-state index is -1.34. The molecule has 0 amide bonds. The number of H-pyrrole nitrogens is 2. The number of nitrogens with zero attached hydrogens (tertiary/aromatic N) is 1. The Kier molecular flexibility index (Phi) is 3.83. The lowest BCUT2D eigenvalue weighted by molar-refractivity contribution is -0.0508. The highest BCUT2D eigenvalue weighted by Gasteiger charge is 2.44. The van der Waals surface area contributed by atoms with E-state index in [9.17, 15) is 19.8 Å². The molecule has 3 rings (SSSR count). The third-order valence-corrected chi connectivity index (χ3v) is 3.77. The van der Waals surface area contributed by atoms with Gasteiger partial charge in [0.25, 0.3) is 5.56 Å². The van der Waals surface area contributed by atoms with Crippen molar-refractivity contribution in [1.82, 2.24) is 14.5 Å². The molecule has 0 spiro atoms. The lowest BCUT2D eigenvalue weighted by Crippen LogP contribution is -2.33. The first-order valence-electron chi connectivity index (χ1n) is 6.90. The van der Waals surface area contributed by atoms with E-state index in [0.29, 0.717) is 5.56 Å². The second-order valence-electron chi connectivity index (χ2n) is 5.19. The monoisotopic (exact) mass is 321 g/mol. The van der Waals surface area contributed by atoms with Crippen LogP contribution in [0.5, 0.6) is 0 Å². The van der Waals surface area contributed by atoms with Gasteiger partial charge in [-0.2, -0.15) is 0 Å². The van der Waals surface area contributed by atoms with Gasteiger partial charge in [0, 0.05) is 6.20 Å². The Morgan fingerprint density at radius 2 is 2.04 bits per heavy atom. The molecule has 9 nitrogen and oxygen atoms in total. The van der Waals surface area contributed by atoms with E-state index in [-0.39, 0.29) is 11.0 Å². The predicted octanol–water partition coefficient (Wildman–Crippen LogP) is -2.00. The maximum absolute atomic E-state index is 12.0. The number of rotatable bonds is 2. The zero-order valence-corrected chi connectivity index (χ0v) is 12.1. The average molecular weight is 321 g/mol. The SMILES string of the molecule is CC#Cc1cn([C@@H]2O[C@H](CO)[C@@H](O)[C@H]2O)c2[nH]c(=O)[nH]c(=O)c12.